The predicted molar refractivity (Wildman–Crippen MR) is 171 cm³/mol. The lowest BCUT2D eigenvalue weighted by Crippen LogP contribution is -2.34. The molecular formula is C34H41ClF3N5O2. The van der Waals surface area contributed by atoms with E-state index in [1.165, 1.54) is 17.2 Å². The Labute approximate surface area is 269 Å². The molecule has 2 aliphatic carbocycles. The molecule has 45 heavy (non-hydrogen) atoms. The zero-order valence-electron chi connectivity index (χ0n) is 25.8. The number of aromatic nitrogens is 2. The van der Waals surface area contributed by atoms with Gasteiger partial charge in [-0.1, -0.05) is 6.07 Å². The van der Waals surface area contributed by atoms with Crippen molar-refractivity contribution in [3.63, 3.8) is 0 Å². The van der Waals surface area contributed by atoms with Gasteiger partial charge in [0.2, 0.25) is 0 Å². The van der Waals surface area contributed by atoms with E-state index in [2.05, 4.69) is 29.1 Å². The fourth-order valence-electron chi connectivity index (χ4n) is 6.77. The monoisotopic (exact) mass is 643 g/mol. The molecule has 0 aliphatic heterocycles. The molecule has 0 radical (unpaired) electrons. The number of benzene rings is 2. The van der Waals surface area contributed by atoms with E-state index < -0.39 is 17.7 Å². The summed E-state index contributed by atoms with van der Waals surface area (Å²) in [5.74, 6) is 0.0768. The van der Waals surface area contributed by atoms with Gasteiger partial charge >= 0.3 is 12.1 Å². The van der Waals surface area contributed by atoms with E-state index in [1.807, 2.05) is 30.3 Å². The lowest BCUT2D eigenvalue weighted by atomic mass is 9.81. The third kappa shape index (κ3) is 8.31. The molecule has 0 unspecified atom stereocenters. The number of hydrogen-bond acceptors (Lipinski definition) is 5. The van der Waals surface area contributed by atoms with Crippen LogP contribution in [0, 0.1) is 23.2 Å². The number of carboxylic acids is 1. The Kier molecular flexibility index (Phi) is 11.1. The molecule has 3 aromatic rings. The summed E-state index contributed by atoms with van der Waals surface area (Å²) in [5, 5.41) is 23.5. The fraction of sp³-hybridized carbons (Fsp3) is 0.500. The maximum absolute atomic E-state index is 13.7. The number of carbonyl (C=O) groups is 1. The van der Waals surface area contributed by atoms with E-state index in [-0.39, 0.29) is 30.4 Å². The molecule has 2 aromatic carbocycles. The first-order valence-electron chi connectivity index (χ1n) is 15.5. The lowest BCUT2D eigenvalue weighted by molar-refractivity contribution is -0.143. The Morgan fingerprint density at radius 2 is 1.73 bits per heavy atom. The summed E-state index contributed by atoms with van der Waals surface area (Å²) in [7, 11) is 1.81. The van der Waals surface area contributed by atoms with Gasteiger partial charge in [-0.3, -0.25) is 9.48 Å². The van der Waals surface area contributed by atoms with Crippen LogP contribution in [0.25, 0.3) is 0 Å². The number of aliphatic carboxylic acids is 1. The SMILES string of the molecule is CCN(C[C@H]1CC[C@H](C(=O)O)CC1)c1cc2c(cc1CN(Cc1cc(C#N)cc(C(F)(F)F)c1)c1ccn(C)n1)CCCC2.Cl. The van der Waals surface area contributed by atoms with Gasteiger partial charge in [-0.2, -0.15) is 23.5 Å². The molecular weight excluding hydrogens is 603 g/mol. The third-order valence-electron chi connectivity index (χ3n) is 9.15. The highest BCUT2D eigenvalue weighted by Gasteiger charge is 2.32. The highest BCUT2D eigenvalue weighted by molar-refractivity contribution is 5.85. The van der Waals surface area contributed by atoms with Crippen LogP contribution in [0.1, 0.15) is 78.8 Å². The molecule has 7 nitrogen and oxygen atoms in total. The second kappa shape index (κ2) is 14.6. The standard InChI is InChI=1S/C34H40F3N5O2.ClH/c1-3-41(20-23-8-10-26(11-9-23)33(43)44)31-18-28-7-5-4-6-27(28)17-29(31)22-42(32-12-13-40(2)39-32)21-25-14-24(19-38)15-30(16-25)34(35,36)37;/h12-18,23,26H,3-11,20-22H2,1-2H3,(H,43,44);1H/t23-,26-;. The smallest absolute Gasteiger partial charge is 0.416 e. The maximum atomic E-state index is 13.7. The largest absolute Gasteiger partial charge is 0.481 e. The number of nitrogens with zero attached hydrogens (tertiary/aromatic N) is 5. The molecule has 1 N–H and O–H groups in total. The van der Waals surface area contributed by atoms with Gasteiger partial charge < -0.3 is 14.9 Å². The van der Waals surface area contributed by atoms with Crippen LogP contribution in [0.4, 0.5) is 24.7 Å². The van der Waals surface area contributed by atoms with E-state index in [0.717, 1.165) is 75.0 Å². The maximum Gasteiger partial charge on any atom is 0.416 e. The number of rotatable bonds is 10. The molecule has 242 valence electrons. The van der Waals surface area contributed by atoms with Gasteiger partial charge in [0.05, 0.1) is 23.1 Å². The van der Waals surface area contributed by atoms with Crippen molar-refractivity contribution in [2.75, 3.05) is 22.9 Å². The van der Waals surface area contributed by atoms with Gasteiger partial charge in [0, 0.05) is 51.2 Å². The van der Waals surface area contributed by atoms with Crippen LogP contribution >= 0.6 is 12.4 Å². The van der Waals surface area contributed by atoms with Crippen molar-refractivity contribution in [1.29, 1.82) is 5.26 Å². The molecule has 0 spiro atoms. The number of aryl methyl sites for hydroxylation is 3. The van der Waals surface area contributed by atoms with Crippen molar-refractivity contribution in [3.05, 3.63) is 76.0 Å². The minimum atomic E-state index is -4.56. The van der Waals surface area contributed by atoms with Gasteiger partial charge in [-0.25, -0.2) is 0 Å². The highest BCUT2D eigenvalue weighted by atomic mass is 35.5. The third-order valence-corrected chi connectivity index (χ3v) is 9.15. The van der Waals surface area contributed by atoms with E-state index in [0.29, 0.717) is 36.7 Å². The second-order valence-corrected chi connectivity index (χ2v) is 12.3. The van der Waals surface area contributed by atoms with Crippen molar-refractivity contribution in [2.45, 2.75) is 77.6 Å². The minimum Gasteiger partial charge on any atom is -0.481 e. The van der Waals surface area contributed by atoms with Gasteiger partial charge in [0.1, 0.15) is 0 Å². The fourth-order valence-corrected chi connectivity index (χ4v) is 6.77. The number of fused-ring (bicyclic) bond motifs is 1. The molecule has 0 atom stereocenters. The Morgan fingerprint density at radius 1 is 1.04 bits per heavy atom. The summed E-state index contributed by atoms with van der Waals surface area (Å²) < 4.78 is 42.8. The second-order valence-electron chi connectivity index (χ2n) is 12.3. The Balaban J connectivity index is 0.00000461. The number of halogens is 4. The highest BCUT2D eigenvalue weighted by Crippen LogP contribution is 2.36. The molecule has 1 fully saturated rings. The Morgan fingerprint density at radius 3 is 2.31 bits per heavy atom. The van der Waals surface area contributed by atoms with Crippen molar-refractivity contribution in [1.82, 2.24) is 9.78 Å². The number of anilines is 2. The van der Waals surface area contributed by atoms with Crippen LogP contribution in [0.5, 0.6) is 0 Å². The van der Waals surface area contributed by atoms with Crippen LogP contribution in [0.3, 0.4) is 0 Å². The molecule has 1 heterocycles. The molecule has 0 saturated heterocycles. The van der Waals surface area contributed by atoms with Gasteiger partial charge in [-0.05, 0) is 111 Å². The van der Waals surface area contributed by atoms with E-state index in [9.17, 15) is 28.3 Å². The lowest BCUT2D eigenvalue weighted by Gasteiger charge is -2.35. The molecule has 1 saturated carbocycles. The van der Waals surface area contributed by atoms with Crippen LogP contribution in [-0.4, -0.2) is 33.9 Å². The summed E-state index contributed by atoms with van der Waals surface area (Å²) in [6.45, 7) is 4.33. The molecule has 0 amide bonds. The van der Waals surface area contributed by atoms with Gasteiger partial charge in [0.25, 0.3) is 0 Å². The summed E-state index contributed by atoms with van der Waals surface area (Å²) in [6, 6.07) is 11.9. The number of hydrogen-bond donors (Lipinski definition) is 1. The average molecular weight is 644 g/mol. The van der Waals surface area contributed by atoms with Gasteiger partial charge in [0.15, 0.2) is 5.82 Å². The zero-order valence-corrected chi connectivity index (χ0v) is 26.6. The van der Waals surface area contributed by atoms with Crippen molar-refractivity contribution >= 4 is 29.9 Å². The van der Waals surface area contributed by atoms with Crippen LogP contribution in [-0.2, 0) is 43.9 Å². The number of nitriles is 1. The first-order valence-corrected chi connectivity index (χ1v) is 15.5. The van der Waals surface area contributed by atoms with E-state index >= 15 is 0 Å². The summed E-state index contributed by atoms with van der Waals surface area (Å²) >= 11 is 0. The topological polar surface area (TPSA) is 85.4 Å². The first kappa shape index (κ1) is 34.2. The number of alkyl halides is 3. The summed E-state index contributed by atoms with van der Waals surface area (Å²) in [6.07, 6.45) is 4.70. The van der Waals surface area contributed by atoms with Gasteiger partial charge in [-0.15, -0.1) is 12.4 Å². The Hall–Kier alpha value is -3.71. The zero-order chi connectivity index (χ0) is 31.4. The summed E-state index contributed by atoms with van der Waals surface area (Å²) in [5.41, 5.74) is 4.41. The predicted octanol–water partition coefficient (Wildman–Crippen LogP) is 7.54. The van der Waals surface area contributed by atoms with Crippen molar-refractivity contribution in [3.8, 4) is 6.07 Å². The normalized spacial score (nSPS) is 18.0. The van der Waals surface area contributed by atoms with Crippen LogP contribution in [0.2, 0.25) is 0 Å². The van der Waals surface area contributed by atoms with Crippen molar-refractivity contribution in [2.24, 2.45) is 18.9 Å². The average Bonchev–Trinajstić information content (AvgIpc) is 3.45. The molecule has 11 heteroatoms. The van der Waals surface area contributed by atoms with Crippen molar-refractivity contribution < 1.29 is 23.1 Å². The summed E-state index contributed by atoms with van der Waals surface area (Å²) in [4.78, 5) is 15.9. The first-order chi connectivity index (χ1) is 21.0. The van der Waals surface area contributed by atoms with E-state index in [4.69, 9.17) is 0 Å². The minimum absolute atomic E-state index is 0. The molecule has 0 bridgehead atoms. The number of carboxylic acid groups (broad SMARTS) is 1. The van der Waals surface area contributed by atoms with Crippen LogP contribution < -0.4 is 9.80 Å². The molecule has 1 aromatic heterocycles. The quantitative estimate of drug-likeness (QED) is 0.246. The Bertz CT molecular complexity index is 1520. The molecule has 2 aliphatic rings. The van der Waals surface area contributed by atoms with Crippen LogP contribution in [0.15, 0.2) is 42.6 Å². The van der Waals surface area contributed by atoms with E-state index in [1.54, 1.807) is 4.68 Å². The molecule has 5 rings (SSSR count).